The monoisotopic (exact) mass is 321 g/mol. The fourth-order valence-corrected chi connectivity index (χ4v) is 3.28. The Hall–Kier alpha value is -2.71. The normalized spacial score (nSPS) is 10.4. The van der Waals surface area contributed by atoms with E-state index in [2.05, 4.69) is 11.4 Å². The number of carbonyl (C=O) groups is 1. The van der Waals surface area contributed by atoms with Crippen molar-refractivity contribution < 1.29 is 4.79 Å². The van der Waals surface area contributed by atoms with E-state index in [0.717, 1.165) is 33.0 Å². The summed E-state index contributed by atoms with van der Waals surface area (Å²) in [5, 5.41) is 12.2. The molecule has 2 aromatic heterocycles. The van der Waals surface area contributed by atoms with Crippen LogP contribution >= 0.6 is 11.8 Å². The van der Waals surface area contributed by atoms with Gasteiger partial charge in [0.25, 0.3) is 0 Å². The number of rotatable bonds is 4. The second kappa shape index (κ2) is 6.59. The molecule has 114 valence electrons. The van der Waals surface area contributed by atoms with E-state index in [1.54, 1.807) is 11.8 Å². The average molecular weight is 321 g/mol. The number of aromatic nitrogens is 1. The molecule has 1 N–H and O–H groups in total. The number of nitriles is 1. The topological polar surface area (TPSA) is 57.3 Å². The molecule has 0 aliphatic heterocycles. The van der Waals surface area contributed by atoms with Gasteiger partial charge < -0.3 is 9.72 Å². The fraction of sp³-hybridized carbons (Fsp3) is 0.111. The molecule has 1 amide bonds. The second-order valence-electron chi connectivity index (χ2n) is 5.13. The van der Waals surface area contributed by atoms with Gasteiger partial charge >= 0.3 is 0 Å². The first-order valence-corrected chi connectivity index (χ1v) is 8.15. The molecule has 0 atom stereocenters. The summed E-state index contributed by atoms with van der Waals surface area (Å²) in [6.45, 7) is 1.49. The van der Waals surface area contributed by atoms with Gasteiger partial charge in [0.1, 0.15) is 6.07 Å². The summed E-state index contributed by atoms with van der Waals surface area (Å²) < 4.78 is 1.98. The minimum Gasteiger partial charge on any atom is -0.326 e. The molecule has 23 heavy (non-hydrogen) atoms. The molecule has 0 aliphatic carbocycles. The van der Waals surface area contributed by atoms with Crippen molar-refractivity contribution in [3.63, 3.8) is 0 Å². The molecule has 3 aromatic rings. The maximum absolute atomic E-state index is 11.0. The standard InChI is InChI=1S/C18H15N3OS/c1-13(22)20-15-5-7-16(8-6-15)23-12-14-11-21-9-3-2-4-18(21)17(14)10-19/h2-9,11H,12H2,1H3,(H,20,22). The lowest BCUT2D eigenvalue weighted by Crippen LogP contribution is -2.05. The highest BCUT2D eigenvalue weighted by Gasteiger charge is 2.10. The van der Waals surface area contributed by atoms with Gasteiger partial charge in [0.2, 0.25) is 5.91 Å². The predicted octanol–water partition coefficient (Wildman–Crippen LogP) is 4.06. The van der Waals surface area contributed by atoms with E-state index in [0.29, 0.717) is 0 Å². The van der Waals surface area contributed by atoms with Crippen LogP contribution in [0.4, 0.5) is 5.69 Å². The zero-order valence-corrected chi connectivity index (χ0v) is 13.4. The Morgan fingerprint density at radius 3 is 2.74 bits per heavy atom. The summed E-state index contributed by atoms with van der Waals surface area (Å²) in [6.07, 6.45) is 3.96. The van der Waals surface area contributed by atoms with Crippen LogP contribution in [0.3, 0.4) is 0 Å². The van der Waals surface area contributed by atoms with Gasteiger partial charge in [-0.05, 0) is 42.0 Å². The van der Waals surface area contributed by atoms with Gasteiger partial charge in [-0.1, -0.05) is 6.07 Å². The molecule has 1 aromatic carbocycles. The van der Waals surface area contributed by atoms with Crippen LogP contribution in [0.15, 0.2) is 59.8 Å². The summed E-state index contributed by atoms with van der Waals surface area (Å²) in [6, 6.07) is 15.8. The Bertz CT molecular complexity index is 891. The van der Waals surface area contributed by atoms with E-state index in [9.17, 15) is 10.1 Å². The molecular weight excluding hydrogens is 306 g/mol. The van der Waals surface area contributed by atoms with E-state index in [1.165, 1.54) is 6.92 Å². The minimum absolute atomic E-state index is 0.0791. The quantitative estimate of drug-likeness (QED) is 0.737. The van der Waals surface area contributed by atoms with Crippen LogP contribution in [-0.2, 0) is 10.5 Å². The van der Waals surface area contributed by atoms with E-state index >= 15 is 0 Å². The van der Waals surface area contributed by atoms with Gasteiger partial charge in [-0.2, -0.15) is 5.26 Å². The van der Waals surface area contributed by atoms with E-state index in [4.69, 9.17) is 0 Å². The first-order chi connectivity index (χ1) is 11.2. The summed E-state index contributed by atoms with van der Waals surface area (Å²) in [7, 11) is 0. The number of benzene rings is 1. The van der Waals surface area contributed by atoms with Crippen molar-refractivity contribution in [1.82, 2.24) is 4.40 Å². The Kier molecular flexibility index (Phi) is 4.35. The molecular formula is C18H15N3OS. The number of thioether (sulfide) groups is 1. The zero-order valence-electron chi connectivity index (χ0n) is 12.6. The predicted molar refractivity (Wildman–Crippen MR) is 92.4 cm³/mol. The molecule has 0 radical (unpaired) electrons. The average Bonchev–Trinajstić information content (AvgIpc) is 2.91. The van der Waals surface area contributed by atoms with E-state index < -0.39 is 0 Å². The van der Waals surface area contributed by atoms with Crippen LogP contribution in [-0.4, -0.2) is 10.3 Å². The van der Waals surface area contributed by atoms with Crippen molar-refractivity contribution in [2.75, 3.05) is 5.32 Å². The number of hydrogen-bond acceptors (Lipinski definition) is 3. The smallest absolute Gasteiger partial charge is 0.221 e. The molecule has 0 aliphatic rings. The second-order valence-corrected chi connectivity index (χ2v) is 6.18. The molecule has 0 fully saturated rings. The number of carbonyl (C=O) groups excluding carboxylic acids is 1. The number of fused-ring (bicyclic) bond motifs is 1. The lowest BCUT2D eigenvalue weighted by Gasteiger charge is -2.04. The fourth-order valence-electron chi connectivity index (χ4n) is 2.41. The summed E-state index contributed by atoms with van der Waals surface area (Å²) >= 11 is 1.67. The maximum atomic E-state index is 11.0. The number of amides is 1. The maximum Gasteiger partial charge on any atom is 0.221 e. The van der Waals surface area contributed by atoms with E-state index in [1.807, 2.05) is 59.3 Å². The van der Waals surface area contributed by atoms with Gasteiger partial charge in [-0.25, -0.2) is 0 Å². The van der Waals surface area contributed by atoms with Gasteiger partial charge in [0.05, 0.1) is 11.1 Å². The van der Waals surface area contributed by atoms with Crippen LogP contribution in [0.5, 0.6) is 0 Å². The Morgan fingerprint density at radius 2 is 2.04 bits per heavy atom. The van der Waals surface area contributed by atoms with Gasteiger partial charge in [0.15, 0.2) is 0 Å². The van der Waals surface area contributed by atoms with Crippen LogP contribution in [0.2, 0.25) is 0 Å². The number of hydrogen-bond donors (Lipinski definition) is 1. The third-order valence-electron chi connectivity index (χ3n) is 3.44. The van der Waals surface area contributed by atoms with Crippen molar-refractivity contribution in [3.05, 3.63) is 66.0 Å². The van der Waals surface area contributed by atoms with Crippen molar-refractivity contribution >= 4 is 28.9 Å². The van der Waals surface area contributed by atoms with Crippen LogP contribution in [0.25, 0.3) is 5.52 Å². The molecule has 3 rings (SSSR count). The molecule has 0 unspecified atom stereocenters. The summed E-state index contributed by atoms with van der Waals surface area (Å²) in [5.41, 5.74) is 3.48. The number of pyridine rings is 1. The van der Waals surface area contributed by atoms with Crippen molar-refractivity contribution in [1.29, 1.82) is 5.26 Å². The number of anilines is 1. The third kappa shape index (κ3) is 3.38. The highest BCUT2D eigenvalue weighted by molar-refractivity contribution is 7.98. The first-order valence-electron chi connectivity index (χ1n) is 7.16. The molecule has 0 saturated carbocycles. The molecule has 0 saturated heterocycles. The minimum atomic E-state index is -0.0791. The lowest BCUT2D eigenvalue weighted by atomic mass is 10.2. The molecule has 5 heteroatoms. The van der Waals surface area contributed by atoms with Crippen LogP contribution < -0.4 is 5.32 Å². The lowest BCUT2D eigenvalue weighted by molar-refractivity contribution is -0.114. The highest BCUT2D eigenvalue weighted by Crippen LogP contribution is 2.28. The third-order valence-corrected chi connectivity index (χ3v) is 4.50. The summed E-state index contributed by atoms with van der Waals surface area (Å²) in [5.74, 6) is 0.647. The Labute approximate surface area is 138 Å². The molecule has 0 spiro atoms. The molecule has 2 heterocycles. The van der Waals surface area contributed by atoms with Gasteiger partial charge in [-0.3, -0.25) is 4.79 Å². The van der Waals surface area contributed by atoms with Gasteiger partial charge in [0, 0.05) is 35.7 Å². The molecule has 0 bridgehead atoms. The van der Waals surface area contributed by atoms with E-state index in [-0.39, 0.29) is 5.91 Å². The SMILES string of the molecule is CC(=O)Nc1ccc(SCc2cn3ccccc3c2C#N)cc1. The first kappa shape index (κ1) is 15.2. The van der Waals surface area contributed by atoms with Gasteiger partial charge in [-0.15, -0.1) is 11.8 Å². The zero-order chi connectivity index (χ0) is 16.2. The number of nitrogens with one attached hydrogen (secondary N) is 1. The van der Waals surface area contributed by atoms with Crippen molar-refractivity contribution in [2.24, 2.45) is 0 Å². The molecule has 4 nitrogen and oxygen atoms in total. The van der Waals surface area contributed by atoms with Crippen LogP contribution in [0, 0.1) is 11.3 Å². The summed E-state index contributed by atoms with van der Waals surface area (Å²) in [4.78, 5) is 12.1. The highest BCUT2D eigenvalue weighted by atomic mass is 32.2. The Balaban J connectivity index is 1.76. The van der Waals surface area contributed by atoms with Crippen molar-refractivity contribution in [3.8, 4) is 6.07 Å². The van der Waals surface area contributed by atoms with Crippen molar-refractivity contribution in [2.45, 2.75) is 17.6 Å². The largest absolute Gasteiger partial charge is 0.326 e. The number of nitrogens with zero attached hydrogens (tertiary/aromatic N) is 2. The Morgan fingerprint density at radius 1 is 1.26 bits per heavy atom. The van der Waals surface area contributed by atoms with Crippen LogP contribution in [0.1, 0.15) is 18.1 Å².